The molecule has 3 aromatic rings. The summed E-state index contributed by atoms with van der Waals surface area (Å²) in [6, 6.07) is 19.2. The zero-order valence-corrected chi connectivity index (χ0v) is 16.7. The topological polar surface area (TPSA) is 45.9 Å². The number of furan rings is 1. The Kier molecular flexibility index (Phi) is 5.96. The fraction of sp³-hybridized carbons (Fsp3) is 0.292. The van der Waals surface area contributed by atoms with E-state index in [0.29, 0.717) is 13.2 Å². The van der Waals surface area contributed by atoms with Crippen LogP contribution in [0.4, 0.5) is 5.69 Å². The van der Waals surface area contributed by atoms with Crippen molar-refractivity contribution in [2.45, 2.75) is 6.92 Å². The summed E-state index contributed by atoms with van der Waals surface area (Å²) >= 11 is 0. The lowest BCUT2D eigenvalue weighted by molar-refractivity contribution is -0.144. The number of nitrogens with zero attached hydrogens (tertiary/aromatic N) is 2. The fourth-order valence-corrected chi connectivity index (χ4v) is 3.74. The van der Waals surface area contributed by atoms with Crippen LogP contribution in [0, 0.1) is 0 Å². The van der Waals surface area contributed by atoms with Gasteiger partial charge in [0.25, 0.3) is 0 Å². The molecular weight excluding hydrogens is 364 g/mol. The van der Waals surface area contributed by atoms with Crippen LogP contribution in [0.1, 0.15) is 6.92 Å². The molecule has 1 saturated heterocycles. The molecule has 0 bridgehead atoms. The van der Waals surface area contributed by atoms with Crippen LogP contribution in [-0.2, 0) is 9.53 Å². The first-order valence-corrected chi connectivity index (χ1v) is 10.1. The molecule has 150 valence electrons. The number of hydrogen-bond donors (Lipinski definition) is 0. The number of hydrogen-bond acceptors (Lipinski definition) is 5. The minimum atomic E-state index is -0.138. The molecule has 0 radical (unpaired) electrons. The average Bonchev–Trinajstić information content (AvgIpc) is 3.30. The highest BCUT2D eigenvalue weighted by atomic mass is 16.5. The third-order valence-electron chi connectivity index (χ3n) is 5.29. The Morgan fingerprint density at radius 1 is 0.931 bits per heavy atom. The number of carbonyl (C=O) groups excluding carboxylic acids is 1. The van der Waals surface area contributed by atoms with Gasteiger partial charge in [0.05, 0.1) is 25.7 Å². The lowest BCUT2D eigenvalue weighted by Gasteiger charge is -2.35. The quantitative estimate of drug-likeness (QED) is 0.587. The van der Waals surface area contributed by atoms with E-state index in [1.807, 2.05) is 13.0 Å². The monoisotopic (exact) mass is 390 g/mol. The molecule has 0 atom stereocenters. The number of piperazine rings is 1. The minimum Gasteiger partial charge on any atom is -0.472 e. The van der Waals surface area contributed by atoms with E-state index >= 15 is 0 Å². The molecule has 29 heavy (non-hydrogen) atoms. The summed E-state index contributed by atoms with van der Waals surface area (Å²) in [5.41, 5.74) is 5.83. The second-order valence-corrected chi connectivity index (χ2v) is 7.21. The largest absolute Gasteiger partial charge is 0.472 e. The molecule has 1 aliphatic rings. The molecule has 0 N–H and O–H groups in total. The number of anilines is 1. The Hall–Kier alpha value is -3.05. The molecular formula is C24H26N2O3. The second kappa shape index (κ2) is 8.97. The predicted molar refractivity (Wildman–Crippen MR) is 115 cm³/mol. The second-order valence-electron chi connectivity index (χ2n) is 7.21. The van der Waals surface area contributed by atoms with Gasteiger partial charge in [-0.25, -0.2) is 0 Å². The van der Waals surface area contributed by atoms with Gasteiger partial charge in [-0.2, -0.15) is 0 Å². The number of carbonyl (C=O) groups is 1. The van der Waals surface area contributed by atoms with Gasteiger partial charge in [0, 0.05) is 37.4 Å². The van der Waals surface area contributed by atoms with Crippen LogP contribution in [0.5, 0.6) is 0 Å². The standard InChI is InChI=1S/C24H26N2O3/c1-2-29-24(27)17-25-10-12-26(13-11-25)23-8-4-7-21(16-23)19-5-3-6-20(15-19)22-9-14-28-18-22/h3-9,14-16,18H,2,10-13,17H2,1H3. The molecule has 0 aliphatic carbocycles. The maximum absolute atomic E-state index is 11.7. The Labute approximate surface area is 171 Å². The average molecular weight is 390 g/mol. The van der Waals surface area contributed by atoms with Crippen molar-refractivity contribution in [3.05, 3.63) is 67.1 Å². The number of rotatable bonds is 6. The smallest absolute Gasteiger partial charge is 0.320 e. The van der Waals surface area contributed by atoms with Crippen molar-refractivity contribution in [1.29, 1.82) is 0 Å². The van der Waals surface area contributed by atoms with E-state index < -0.39 is 0 Å². The van der Waals surface area contributed by atoms with Gasteiger partial charge in [-0.3, -0.25) is 9.69 Å². The molecule has 0 saturated carbocycles. The van der Waals surface area contributed by atoms with Crippen LogP contribution in [0.25, 0.3) is 22.3 Å². The van der Waals surface area contributed by atoms with Crippen molar-refractivity contribution in [2.24, 2.45) is 0 Å². The summed E-state index contributed by atoms with van der Waals surface area (Å²) < 4.78 is 10.3. The maximum atomic E-state index is 11.7. The van der Waals surface area contributed by atoms with Crippen LogP contribution in [0.3, 0.4) is 0 Å². The summed E-state index contributed by atoms with van der Waals surface area (Å²) in [6.07, 6.45) is 3.47. The molecule has 0 spiro atoms. The number of benzene rings is 2. The molecule has 4 rings (SSSR count). The van der Waals surface area contributed by atoms with E-state index in [-0.39, 0.29) is 5.97 Å². The molecule has 1 aliphatic heterocycles. The SMILES string of the molecule is CCOC(=O)CN1CCN(c2cccc(-c3cccc(-c4ccoc4)c3)c2)CC1. The van der Waals surface area contributed by atoms with Crippen molar-refractivity contribution < 1.29 is 13.9 Å². The molecule has 0 unspecified atom stereocenters. The van der Waals surface area contributed by atoms with Gasteiger partial charge in [0.15, 0.2) is 0 Å². The highest BCUT2D eigenvalue weighted by molar-refractivity contribution is 5.75. The van der Waals surface area contributed by atoms with E-state index in [9.17, 15) is 4.79 Å². The molecule has 5 nitrogen and oxygen atoms in total. The molecule has 1 aromatic heterocycles. The van der Waals surface area contributed by atoms with Gasteiger partial charge in [-0.15, -0.1) is 0 Å². The van der Waals surface area contributed by atoms with Gasteiger partial charge >= 0.3 is 5.97 Å². The van der Waals surface area contributed by atoms with Gasteiger partial charge in [-0.1, -0.05) is 30.3 Å². The normalized spacial score (nSPS) is 14.7. The third-order valence-corrected chi connectivity index (χ3v) is 5.29. The Morgan fingerprint density at radius 3 is 2.31 bits per heavy atom. The summed E-state index contributed by atoms with van der Waals surface area (Å²) in [6.45, 7) is 6.18. The lowest BCUT2D eigenvalue weighted by atomic mass is 10.00. The molecule has 0 amide bonds. The summed E-state index contributed by atoms with van der Waals surface area (Å²) in [7, 11) is 0. The van der Waals surface area contributed by atoms with Crippen molar-refractivity contribution in [2.75, 3.05) is 44.2 Å². The summed E-state index contributed by atoms with van der Waals surface area (Å²) in [5.74, 6) is -0.138. The number of esters is 1. The summed E-state index contributed by atoms with van der Waals surface area (Å²) in [4.78, 5) is 16.2. The van der Waals surface area contributed by atoms with Crippen LogP contribution in [0.2, 0.25) is 0 Å². The van der Waals surface area contributed by atoms with Crippen molar-refractivity contribution in [1.82, 2.24) is 4.90 Å². The first-order valence-electron chi connectivity index (χ1n) is 10.1. The van der Waals surface area contributed by atoms with Crippen LogP contribution in [0.15, 0.2) is 71.5 Å². The Balaban J connectivity index is 1.45. The predicted octanol–water partition coefficient (Wildman–Crippen LogP) is 4.30. The van der Waals surface area contributed by atoms with Crippen LogP contribution < -0.4 is 4.90 Å². The van der Waals surface area contributed by atoms with Crippen molar-refractivity contribution >= 4 is 11.7 Å². The van der Waals surface area contributed by atoms with E-state index in [1.54, 1.807) is 12.5 Å². The zero-order chi connectivity index (χ0) is 20.1. The lowest BCUT2D eigenvalue weighted by Crippen LogP contribution is -2.48. The van der Waals surface area contributed by atoms with Crippen LogP contribution >= 0.6 is 0 Å². The summed E-state index contributed by atoms with van der Waals surface area (Å²) in [5, 5.41) is 0. The first kappa shape index (κ1) is 19.3. The van der Waals surface area contributed by atoms with Gasteiger partial charge < -0.3 is 14.1 Å². The van der Waals surface area contributed by atoms with Gasteiger partial charge in [0.2, 0.25) is 0 Å². The highest BCUT2D eigenvalue weighted by Gasteiger charge is 2.20. The molecule has 2 heterocycles. The van der Waals surface area contributed by atoms with E-state index in [4.69, 9.17) is 9.15 Å². The zero-order valence-electron chi connectivity index (χ0n) is 16.7. The van der Waals surface area contributed by atoms with Crippen LogP contribution in [-0.4, -0.2) is 50.2 Å². The van der Waals surface area contributed by atoms with E-state index in [1.165, 1.54) is 16.8 Å². The fourth-order valence-electron chi connectivity index (χ4n) is 3.74. The van der Waals surface area contributed by atoms with Crippen molar-refractivity contribution in [3.63, 3.8) is 0 Å². The molecule has 5 heteroatoms. The van der Waals surface area contributed by atoms with E-state index in [2.05, 4.69) is 58.3 Å². The molecule has 1 fully saturated rings. The maximum Gasteiger partial charge on any atom is 0.320 e. The Morgan fingerprint density at radius 2 is 1.62 bits per heavy atom. The van der Waals surface area contributed by atoms with Gasteiger partial charge in [0.1, 0.15) is 0 Å². The molecule has 2 aromatic carbocycles. The van der Waals surface area contributed by atoms with Crippen molar-refractivity contribution in [3.8, 4) is 22.3 Å². The number of ether oxygens (including phenoxy) is 1. The first-order chi connectivity index (χ1) is 14.2. The van der Waals surface area contributed by atoms with Gasteiger partial charge in [-0.05, 0) is 47.9 Å². The Bertz CT molecular complexity index is 944. The van der Waals surface area contributed by atoms with E-state index in [0.717, 1.165) is 37.3 Å². The minimum absolute atomic E-state index is 0.138. The highest BCUT2D eigenvalue weighted by Crippen LogP contribution is 2.29. The third kappa shape index (κ3) is 4.69.